The van der Waals surface area contributed by atoms with Gasteiger partial charge in [0.1, 0.15) is 0 Å². The third-order valence-electron chi connectivity index (χ3n) is 5.34. The van der Waals surface area contributed by atoms with Gasteiger partial charge < -0.3 is 9.47 Å². The SMILES string of the molecule is COc1ccc([C@@H](C#N)N2N=C(c3ccccc3)C[C@@H]2c2ccccc2)cc1OC. The molecule has 30 heavy (non-hydrogen) atoms. The number of benzene rings is 3. The molecule has 0 aromatic heterocycles. The summed E-state index contributed by atoms with van der Waals surface area (Å²) in [5.41, 5.74) is 4.00. The van der Waals surface area contributed by atoms with Crippen molar-refractivity contribution >= 4 is 5.71 Å². The lowest BCUT2D eigenvalue weighted by molar-refractivity contribution is 0.196. The Morgan fingerprint density at radius 3 is 2.23 bits per heavy atom. The highest BCUT2D eigenvalue weighted by Crippen LogP contribution is 2.40. The van der Waals surface area contributed by atoms with Crippen LogP contribution in [0.4, 0.5) is 0 Å². The highest BCUT2D eigenvalue weighted by molar-refractivity contribution is 6.01. The Labute approximate surface area is 176 Å². The second-order valence-corrected chi connectivity index (χ2v) is 7.07. The lowest BCUT2D eigenvalue weighted by Crippen LogP contribution is -2.24. The van der Waals surface area contributed by atoms with Crippen molar-refractivity contribution in [2.45, 2.75) is 18.5 Å². The van der Waals surface area contributed by atoms with Crippen molar-refractivity contribution in [3.63, 3.8) is 0 Å². The fourth-order valence-electron chi connectivity index (χ4n) is 3.83. The molecule has 0 bridgehead atoms. The molecule has 5 nitrogen and oxygen atoms in total. The maximum absolute atomic E-state index is 10.1. The quantitative estimate of drug-likeness (QED) is 0.579. The molecule has 2 atom stereocenters. The fourth-order valence-corrected chi connectivity index (χ4v) is 3.83. The molecule has 1 aliphatic rings. The van der Waals surface area contributed by atoms with E-state index in [1.54, 1.807) is 14.2 Å². The molecule has 0 unspecified atom stereocenters. The van der Waals surface area contributed by atoms with Crippen molar-refractivity contribution in [3.8, 4) is 17.6 Å². The van der Waals surface area contributed by atoms with Gasteiger partial charge in [0.05, 0.1) is 32.0 Å². The normalized spacial score (nSPS) is 16.5. The monoisotopic (exact) mass is 397 g/mol. The number of hydrogen-bond acceptors (Lipinski definition) is 5. The van der Waals surface area contributed by atoms with Gasteiger partial charge in [0, 0.05) is 6.42 Å². The zero-order chi connectivity index (χ0) is 20.9. The summed E-state index contributed by atoms with van der Waals surface area (Å²) in [4.78, 5) is 0. The topological polar surface area (TPSA) is 57.8 Å². The summed E-state index contributed by atoms with van der Waals surface area (Å²) in [6, 6.07) is 27.8. The van der Waals surface area contributed by atoms with Gasteiger partial charge in [-0.15, -0.1) is 0 Å². The summed E-state index contributed by atoms with van der Waals surface area (Å²) in [5, 5.41) is 17.0. The van der Waals surface area contributed by atoms with E-state index in [0.717, 1.165) is 28.8 Å². The summed E-state index contributed by atoms with van der Waals surface area (Å²) < 4.78 is 10.8. The van der Waals surface area contributed by atoms with Crippen LogP contribution in [0.25, 0.3) is 0 Å². The molecule has 3 aromatic rings. The van der Waals surface area contributed by atoms with Gasteiger partial charge in [0.2, 0.25) is 0 Å². The molecule has 0 radical (unpaired) electrons. The molecule has 3 aromatic carbocycles. The maximum atomic E-state index is 10.1. The molecule has 0 aliphatic carbocycles. The molecule has 1 heterocycles. The zero-order valence-corrected chi connectivity index (χ0v) is 17.0. The summed E-state index contributed by atoms with van der Waals surface area (Å²) >= 11 is 0. The van der Waals surface area contributed by atoms with Crippen LogP contribution >= 0.6 is 0 Å². The first-order chi connectivity index (χ1) is 14.7. The van der Waals surface area contributed by atoms with Gasteiger partial charge in [-0.3, -0.25) is 5.01 Å². The Morgan fingerprint density at radius 1 is 0.933 bits per heavy atom. The minimum absolute atomic E-state index is 0.0286. The van der Waals surface area contributed by atoms with Gasteiger partial charge in [0.25, 0.3) is 0 Å². The maximum Gasteiger partial charge on any atom is 0.161 e. The Bertz CT molecular complexity index is 1070. The third-order valence-corrected chi connectivity index (χ3v) is 5.34. The number of rotatable bonds is 6. The molecule has 0 fully saturated rings. The van der Waals surface area contributed by atoms with E-state index in [4.69, 9.17) is 14.6 Å². The molecule has 0 amide bonds. The molecule has 150 valence electrons. The fraction of sp³-hybridized carbons (Fsp3) is 0.200. The van der Waals surface area contributed by atoms with Crippen LogP contribution in [0.5, 0.6) is 11.5 Å². The lowest BCUT2D eigenvalue weighted by atomic mass is 9.97. The standard InChI is InChI=1S/C25H23N3O2/c1-29-24-14-13-20(15-25(24)30-2)23(17-26)28-22(19-11-7-4-8-12-19)16-21(27-28)18-9-5-3-6-10-18/h3-15,22-23H,16H2,1-2H3/t22-,23-/m1/s1. The summed E-state index contributed by atoms with van der Waals surface area (Å²) in [6.45, 7) is 0. The first-order valence-corrected chi connectivity index (χ1v) is 9.83. The van der Waals surface area contributed by atoms with Crippen LogP contribution in [0.3, 0.4) is 0 Å². The molecule has 0 spiro atoms. The van der Waals surface area contributed by atoms with Crippen LogP contribution in [-0.2, 0) is 0 Å². The van der Waals surface area contributed by atoms with Crippen LogP contribution in [0.2, 0.25) is 0 Å². The number of nitrogens with zero attached hydrogens (tertiary/aromatic N) is 3. The Morgan fingerprint density at radius 2 is 1.60 bits per heavy atom. The van der Waals surface area contributed by atoms with E-state index >= 15 is 0 Å². The minimum Gasteiger partial charge on any atom is -0.493 e. The van der Waals surface area contributed by atoms with Crippen molar-refractivity contribution in [1.29, 1.82) is 5.26 Å². The van der Waals surface area contributed by atoms with Crippen molar-refractivity contribution in [1.82, 2.24) is 5.01 Å². The van der Waals surface area contributed by atoms with Crippen LogP contribution in [0, 0.1) is 11.3 Å². The van der Waals surface area contributed by atoms with E-state index in [9.17, 15) is 5.26 Å². The Balaban J connectivity index is 1.77. The van der Waals surface area contributed by atoms with Crippen molar-refractivity contribution in [2.75, 3.05) is 14.2 Å². The number of hydrazone groups is 1. The van der Waals surface area contributed by atoms with E-state index in [2.05, 4.69) is 30.3 Å². The van der Waals surface area contributed by atoms with Crippen molar-refractivity contribution < 1.29 is 9.47 Å². The average molecular weight is 397 g/mol. The van der Waals surface area contributed by atoms with Crippen LogP contribution in [0.15, 0.2) is 84.0 Å². The number of ether oxygens (including phenoxy) is 2. The lowest BCUT2D eigenvalue weighted by Gasteiger charge is -2.28. The average Bonchev–Trinajstić information content (AvgIpc) is 3.25. The van der Waals surface area contributed by atoms with E-state index < -0.39 is 6.04 Å². The van der Waals surface area contributed by atoms with Gasteiger partial charge in [-0.2, -0.15) is 10.4 Å². The predicted molar refractivity (Wildman–Crippen MR) is 117 cm³/mol. The summed E-state index contributed by atoms with van der Waals surface area (Å²) in [7, 11) is 3.19. The van der Waals surface area contributed by atoms with Gasteiger partial charge in [-0.1, -0.05) is 66.7 Å². The van der Waals surface area contributed by atoms with Gasteiger partial charge in [0.15, 0.2) is 17.5 Å². The number of hydrogen-bond donors (Lipinski definition) is 0. The van der Waals surface area contributed by atoms with Gasteiger partial charge in [-0.25, -0.2) is 0 Å². The van der Waals surface area contributed by atoms with Gasteiger partial charge in [-0.05, 0) is 28.8 Å². The number of methoxy groups -OCH3 is 2. The first kappa shape index (κ1) is 19.5. The second-order valence-electron chi connectivity index (χ2n) is 7.07. The van der Waals surface area contributed by atoms with Crippen LogP contribution in [0.1, 0.15) is 35.2 Å². The summed E-state index contributed by atoms with van der Waals surface area (Å²) in [6.07, 6.45) is 0.736. The van der Waals surface area contributed by atoms with E-state index in [-0.39, 0.29) is 6.04 Å². The van der Waals surface area contributed by atoms with Crippen molar-refractivity contribution in [3.05, 3.63) is 95.6 Å². The minimum atomic E-state index is -0.559. The first-order valence-electron chi connectivity index (χ1n) is 9.83. The highest BCUT2D eigenvalue weighted by atomic mass is 16.5. The van der Waals surface area contributed by atoms with Crippen molar-refractivity contribution in [2.24, 2.45) is 5.10 Å². The highest BCUT2D eigenvalue weighted by Gasteiger charge is 2.34. The molecule has 1 aliphatic heterocycles. The zero-order valence-electron chi connectivity index (χ0n) is 17.0. The molecule has 5 heteroatoms. The summed E-state index contributed by atoms with van der Waals surface area (Å²) in [5.74, 6) is 1.23. The van der Waals surface area contributed by atoms with Gasteiger partial charge >= 0.3 is 0 Å². The molecule has 0 N–H and O–H groups in total. The number of nitriles is 1. The smallest absolute Gasteiger partial charge is 0.161 e. The second kappa shape index (κ2) is 8.71. The van der Waals surface area contributed by atoms with Crippen LogP contribution < -0.4 is 9.47 Å². The largest absolute Gasteiger partial charge is 0.493 e. The Kier molecular flexibility index (Phi) is 5.67. The van der Waals surface area contributed by atoms with Crippen LogP contribution in [-0.4, -0.2) is 24.9 Å². The third kappa shape index (κ3) is 3.72. The van der Waals surface area contributed by atoms with E-state index in [1.807, 2.05) is 59.6 Å². The predicted octanol–water partition coefficient (Wildman–Crippen LogP) is 5.12. The molecule has 0 saturated carbocycles. The molecular formula is C25H23N3O2. The Hall–Kier alpha value is -3.78. The van der Waals surface area contributed by atoms with E-state index in [1.165, 1.54) is 0 Å². The molecular weight excluding hydrogens is 374 g/mol. The molecule has 4 rings (SSSR count). The molecule has 0 saturated heterocycles. The van der Waals surface area contributed by atoms with E-state index in [0.29, 0.717) is 11.5 Å².